The zero-order valence-electron chi connectivity index (χ0n) is 11.6. The SMILES string of the molecule is NC(CC1OCCc2ccccc21)c1ccc(Cl)cc1F. The van der Waals surface area contributed by atoms with Gasteiger partial charge in [-0.25, -0.2) is 4.39 Å². The van der Waals surface area contributed by atoms with Gasteiger partial charge in [-0.05, 0) is 36.1 Å². The Morgan fingerprint density at radius 2 is 2.10 bits per heavy atom. The second-order valence-electron chi connectivity index (χ2n) is 5.32. The van der Waals surface area contributed by atoms with E-state index < -0.39 is 6.04 Å². The Labute approximate surface area is 128 Å². The fourth-order valence-electron chi connectivity index (χ4n) is 2.83. The minimum atomic E-state index is -0.418. The van der Waals surface area contributed by atoms with Crippen LogP contribution in [0.25, 0.3) is 0 Å². The summed E-state index contributed by atoms with van der Waals surface area (Å²) >= 11 is 5.77. The molecule has 0 aliphatic carbocycles. The third-order valence-electron chi connectivity index (χ3n) is 3.92. The Kier molecular flexibility index (Phi) is 4.24. The zero-order chi connectivity index (χ0) is 14.8. The summed E-state index contributed by atoms with van der Waals surface area (Å²) in [6.45, 7) is 0.678. The van der Waals surface area contributed by atoms with Crippen LogP contribution in [-0.2, 0) is 11.2 Å². The van der Waals surface area contributed by atoms with Gasteiger partial charge in [0.25, 0.3) is 0 Å². The summed E-state index contributed by atoms with van der Waals surface area (Å²) < 4.78 is 19.8. The lowest BCUT2D eigenvalue weighted by Gasteiger charge is -2.28. The van der Waals surface area contributed by atoms with E-state index in [1.807, 2.05) is 12.1 Å². The highest BCUT2D eigenvalue weighted by atomic mass is 35.5. The predicted octanol–water partition coefficient (Wildman–Crippen LogP) is 4.18. The van der Waals surface area contributed by atoms with Crippen LogP contribution in [0.15, 0.2) is 42.5 Å². The van der Waals surface area contributed by atoms with E-state index in [1.54, 1.807) is 12.1 Å². The van der Waals surface area contributed by atoms with Crippen molar-refractivity contribution < 1.29 is 9.13 Å². The van der Waals surface area contributed by atoms with E-state index in [9.17, 15) is 4.39 Å². The van der Waals surface area contributed by atoms with Crippen LogP contribution >= 0.6 is 11.6 Å². The number of hydrogen-bond donors (Lipinski definition) is 1. The topological polar surface area (TPSA) is 35.2 Å². The van der Waals surface area contributed by atoms with Crippen molar-refractivity contribution in [3.8, 4) is 0 Å². The molecule has 21 heavy (non-hydrogen) atoms. The first-order valence-corrected chi connectivity index (χ1v) is 7.43. The minimum Gasteiger partial charge on any atom is -0.373 e. The fourth-order valence-corrected chi connectivity index (χ4v) is 2.99. The third kappa shape index (κ3) is 3.10. The Bertz CT molecular complexity index is 646. The summed E-state index contributed by atoms with van der Waals surface area (Å²) in [5.74, 6) is -0.362. The van der Waals surface area contributed by atoms with E-state index >= 15 is 0 Å². The molecule has 1 heterocycles. The largest absolute Gasteiger partial charge is 0.373 e. The number of halogens is 2. The van der Waals surface area contributed by atoms with Crippen LogP contribution in [-0.4, -0.2) is 6.61 Å². The minimum absolute atomic E-state index is 0.0833. The molecule has 0 bridgehead atoms. The number of ether oxygens (including phenoxy) is 1. The number of nitrogens with two attached hydrogens (primary N) is 1. The fraction of sp³-hybridized carbons (Fsp3) is 0.294. The molecule has 2 nitrogen and oxygen atoms in total. The quantitative estimate of drug-likeness (QED) is 0.923. The summed E-state index contributed by atoms with van der Waals surface area (Å²) in [4.78, 5) is 0. The van der Waals surface area contributed by atoms with Crippen LogP contribution in [0, 0.1) is 5.82 Å². The average Bonchev–Trinajstić information content (AvgIpc) is 2.47. The van der Waals surface area contributed by atoms with Crippen LogP contribution in [0.1, 0.15) is 35.3 Å². The van der Waals surface area contributed by atoms with Crippen molar-refractivity contribution in [1.82, 2.24) is 0 Å². The summed E-state index contributed by atoms with van der Waals surface area (Å²) in [6, 6.07) is 12.4. The second-order valence-corrected chi connectivity index (χ2v) is 5.75. The lowest BCUT2D eigenvalue weighted by molar-refractivity contribution is 0.0318. The van der Waals surface area contributed by atoms with Crippen LogP contribution in [0.5, 0.6) is 0 Å². The molecular weight excluding hydrogens is 289 g/mol. The van der Waals surface area contributed by atoms with Crippen molar-refractivity contribution in [3.05, 3.63) is 70.0 Å². The van der Waals surface area contributed by atoms with E-state index in [0.29, 0.717) is 23.6 Å². The van der Waals surface area contributed by atoms with E-state index in [1.165, 1.54) is 11.6 Å². The average molecular weight is 306 g/mol. The van der Waals surface area contributed by atoms with Crippen LogP contribution < -0.4 is 5.73 Å². The Morgan fingerprint density at radius 3 is 2.90 bits per heavy atom. The van der Waals surface area contributed by atoms with Crippen LogP contribution in [0.2, 0.25) is 5.02 Å². The van der Waals surface area contributed by atoms with Gasteiger partial charge in [0.1, 0.15) is 5.82 Å². The smallest absolute Gasteiger partial charge is 0.129 e. The van der Waals surface area contributed by atoms with Gasteiger partial charge in [0.15, 0.2) is 0 Å². The molecule has 0 saturated heterocycles. The first kappa shape index (κ1) is 14.5. The van der Waals surface area contributed by atoms with Gasteiger partial charge in [0.05, 0.1) is 12.7 Å². The van der Waals surface area contributed by atoms with Crippen molar-refractivity contribution in [2.24, 2.45) is 5.73 Å². The van der Waals surface area contributed by atoms with E-state index in [-0.39, 0.29) is 11.9 Å². The normalized spacial score (nSPS) is 19.1. The highest BCUT2D eigenvalue weighted by Gasteiger charge is 2.24. The molecule has 0 amide bonds. The standard InChI is InChI=1S/C17H17ClFNO/c18-12-5-6-14(15(19)9-12)16(20)10-17-13-4-2-1-3-11(13)7-8-21-17/h1-6,9,16-17H,7-8,10,20H2. The molecule has 2 unspecified atom stereocenters. The van der Waals surface area contributed by atoms with E-state index in [4.69, 9.17) is 22.1 Å². The maximum absolute atomic E-state index is 13.9. The van der Waals surface area contributed by atoms with Gasteiger partial charge in [-0.2, -0.15) is 0 Å². The molecule has 4 heteroatoms. The van der Waals surface area contributed by atoms with Crippen molar-refractivity contribution >= 4 is 11.6 Å². The predicted molar refractivity (Wildman–Crippen MR) is 81.8 cm³/mol. The third-order valence-corrected chi connectivity index (χ3v) is 4.16. The van der Waals surface area contributed by atoms with Crippen molar-refractivity contribution in [1.29, 1.82) is 0 Å². The van der Waals surface area contributed by atoms with Gasteiger partial charge in [0, 0.05) is 16.6 Å². The molecule has 1 aliphatic heterocycles. The van der Waals surface area contributed by atoms with Gasteiger partial charge in [-0.15, -0.1) is 0 Å². The molecular formula is C17H17ClFNO. The van der Waals surface area contributed by atoms with Crippen molar-refractivity contribution in [2.45, 2.75) is 25.0 Å². The zero-order valence-corrected chi connectivity index (χ0v) is 12.3. The monoisotopic (exact) mass is 305 g/mol. The Morgan fingerprint density at radius 1 is 1.29 bits per heavy atom. The molecule has 3 rings (SSSR count). The van der Waals surface area contributed by atoms with Crippen molar-refractivity contribution in [2.75, 3.05) is 6.61 Å². The first-order valence-electron chi connectivity index (χ1n) is 7.05. The van der Waals surface area contributed by atoms with Crippen LogP contribution in [0.3, 0.4) is 0 Å². The summed E-state index contributed by atoms with van der Waals surface area (Å²) in [7, 11) is 0. The molecule has 2 aromatic carbocycles. The molecule has 0 radical (unpaired) electrons. The Hall–Kier alpha value is -1.42. The molecule has 110 valence electrons. The molecule has 0 saturated carbocycles. The number of rotatable bonds is 3. The number of hydrogen-bond acceptors (Lipinski definition) is 2. The lowest BCUT2D eigenvalue weighted by atomic mass is 9.91. The van der Waals surface area contributed by atoms with Crippen LogP contribution in [0.4, 0.5) is 4.39 Å². The summed E-state index contributed by atoms with van der Waals surface area (Å²) in [5, 5.41) is 0.378. The van der Waals surface area contributed by atoms with E-state index in [2.05, 4.69) is 12.1 Å². The maximum atomic E-state index is 13.9. The molecule has 2 atom stereocenters. The molecule has 0 fully saturated rings. The lowest BCUT2D eigenvalue weighted by Crippen LogP contribution is -2.22. The molecule has 2 aromatic rings. The first-order chi connectivity index (χ1) is 10.1. The maximum Gasteiger partial charge on any atom is 0.129 e. The highest BCUT2D eigenvalue weighted by Crippen LogP contribution is 2.34. The van der Waals surface area contributed by atoms with Gasteiger partial charge < -0.3 is 10.5 Å². The second kappa shape index (κ2) is 6.14. The molecule has 0 aromatic heterocycles. The van der Waals surface area contributed by atoms with Crippen molar-refractivity contribution in [3.63, 3.8) is 0 Å². The number of fused-ring (bicyclic) bond motifs is 1. The highest BCUT2D eigenvalue weighted by molar-refractivity contribution is 6.30. The summed E-state index contributed by atoms with van der Waals surface area (Å²) in [6.07, 6.45) is 1.38. The van der Waals surface area contributed by atoms with Gasteiger partial charge in [0.2, 0.25) is 0 Å². The van der Waals surface area contributed by atoms with Gasteiger partial charge in [-0.3, -0.25) is 0 Å². The van der Waals surface area contributed by atoms with Gasteiger partial charge in [-0.1, -0.05) is 41.9 Å². The number of benzene rings is 2. The molecule has 2 N–H and O–H groups in total. The molecule has 1 aliphatic rings. The summed E-state index contributed by atoms with van der Waals surface area (Å²) in [5.41, 5.74) is 9.10. The van der Waals surface area contributed by atoms with E-state index in [0.717, 1.165) is 12.0 Å². The van der Waals surface area contributed by atoms with Gasteiger partial charge >= 0.3 is 0 Å². The molecule has 0 spiro atoms. The Balaban J connectivity index is 1.81.